The number of hydrogen-bond donors (Lipinski definition) is 4. The summed E-state index contributed by atoms with van der Waals surface area (Å²) in [5.74, 6) is -0.0831. The Morgan fingerprint density at radius 3 is 2.10 bits per heavy atom. The van der Waals surface area contributed by atoms with Crippen LogP contribution in [0.2, 0.25) is 0 Å². The number of aromatic nitrogens is 1. The van der Waals surface area contributed by atoms with E-state index in [-0.39, 0.29) is 29.9 Å². The number of anilines is 1. The smallest absolute Gasteiger partial charge is 0.235 e. The summed E-state index contributed by atoms with van der Waals surface area (Å²) >= 11 is 0. The molecule has 4 N–H and O–H groups in total. The van der Waals surface area contributed by atoms with Gasteiger partial charge in [-0.05, 0) is 77.3 Å². The summed E-state index contributed by atoms with van der Waals surface area (Å²) in [6.07, 6.45) is 29.2. The monoisotopic (exact) mass is 699 g/mol. The molecular formula is C38H54FN3O4S2. The fourth-order valence-corrected chi connectivity index (χ4v) is 6.51. The van der Waals surface area contributed by atoms with Crippen LogP contribution in [0, 0.1) is 5.82 Å². The molecule has 0 aliphatic rings. The summed E-state index contributed by atoms with van der Waals surface area (Å²) in [7, 11) is 2.82. The standard InChI is InChI=1S/C38H54FN3O4S2/c1-4-5-6-7-8-9-10-11-12-13-14-15-16-17-18-19-20-22-36(44)40-23-26-47-48-30-37(45)41-33-27-31-28-35(38(2,3)46)42(24-21-25-43)34(31)29-32(33)39/h5-6,8-9,11-12,14-15,17-18,27-29,43,46H,4,7,10,13,16,19-26,30H2,1-3H3,(H,40,44)(H,41,45)/b6-5-,9-8-,12-11-,15-14-,18-17-. The zero-order valence-electron chi connectivity index (χ0n) is 28.8. The van der Waals surface area contributed by atoms with E-state index in [2.05, 4.69) is 78.3 Å². The first-order valence-electron chi connectivity index (χ1n) is 16.9. The molecule has 0 radical (unpaired) electrons. The molecule has 0 saturated carbocycles. The topological polar surface area (TPSA) is 104 Å². The molecule has 1 heterocycles. The van der Waals surface area contributed by atoms with Crippen molar-refractivity contribution < 1.29 is 24.2 Å². The zero-order chi connectivity index (χ0) is 35.0. The number of rotatable bonds is 24. The van der Waals surface area contributed by atoms with Crippen molar-refractivity contribution in [3.63, 3.8) is 0 Å². The SMILES string of the molecule is CC/C=C\C/C=C\C/C=C\C/C=C\C/C=C\CCCC(=O)NCCSSCC(=O)Nc1cc2cc(C(C)(C)O)n(CCCO)c2cc1F. The minimum Gasteiger partial charge on any atom is -0.396 e. The number of hydrogen-bond acceptors (Lipinski definition) is 6. The fraction of sp³-hybridized carbons (Fsp3) is 0.474. The van der Waals surface area contributed by atoms with E-state index in [0.717, 1.165) is 44.9 Å². The normalized spacial score (nSPS) is 12.6. The van der Waals surface area contributed by atoms with Gasteiger partial charge < -0.3 is 25.4 Å². The molecule has 0 saturated heterocycles. The minimum atomic E-state index is -1.15. The molecule has 264 valence electrons. The molecular weight excluding hydrogens is 646 g/mol. The summed E-state index contributed by atoms with van der Waals surface area (Å²) < 4.78 is 16.7. The van der Waals surface area contributed by atoms with Gasteiger partial charge in [-0.1, -0.05) is 89.3 Å². The molecule has 1 aromatic carbocycles. The van der Waals surface area contributed by atoms with Gasteiger partial charge in [-0.25, -0.2) is 4.39 Å². The molecule has 0 fully saturated rings. The van der Waals surface area contributed by atoms with Crippen LogP contribution < -0.4 is 10.6 Å². The molecule has 0 aliphatic carbocycles. The summed E-state index contributed by atoms with van der Waals surface area (Å²) in [5.41, 5.74) is 0.130. The maximum Gasteiger partial charge on any atom is 0.235 e. The lowest BCUT2D eigenvalue weighted by Crippen LogP contribution is -2.25. The first-order valence-corrected chi connectivity index (χ1v) is 19.4. The van der Waals surface area contributed by atoms with E-state index in [1.165, 1.54) is 27.7 Å². The molecule has 0 aliphatic heterocycles. The number of halogens is 1. The van der Waals surface area contributed by atoms with Crippen LogP contribution in [0.1, 0.15) is 84.3 Å². The number of unbranched alkanes of at least 4 members (excludes halogenated alkanes) is 1. The molecule has 0 unspecified atom stereocenters. The Hall–Kier alpha value is -3.05. The number of nitrogens with zero attached hydrogens (tertiary/aromatic N) is 1. The number of aliphatic hydroxyl groups is 2. The first-order chi connectivity index (χ1) is 23.2. The highest BCUT2D eigenvalue weighted by Gasteiger charge is 2.24. The van der Waals surface area contributed by atoms with E-state index < -0.39 is 11.4 Å². The zero-order valence-corrected chi connectivity index (χ0v) is 30.4. The maximum absolute atomic E-state index is 14.9. The van der Waals surface area contributed by atoms with Crippen molar-refractivity contribution in [3.05, 3.63) is 90.5 Å². The van der Waals surface area contributed by atoms with E-state index in [1.807, 2.05) is 0 Å². The molecule has 1 aromatic heterocycles. The number of benzene rings is 1. The van der Waals surface area contributed by atoms with E-state index >= 15 is 0 Å². The van der Waals surface area contributed by atoms with Gasteiger partial charge >= 0.3 is 0 Å². The summed E-state index contributed by atoms with van der Waals surface area (Å²) in [6.45, 7) is 6.39. The number of aryl methyl sites for hydroxylation is 1. The average molecular weight is 700 g/mol. The van der Waals surface area contributed by atoms with Gasteiger partial charge in [-0.3, -0.25) is 9.59 Å². The second-order valence-electron chi connectivity index (χ2n) is 11.8. The lowest BCUT2D eigenvalue weighted by Gasteiger charge is -2.21. The van der Waals surface area contributed by atoms with Crippen molar-refractivity contribution in [1.29, 1.82) is 0 Å². The predicted octanol–water partition coefficient (Wildman–Crippen LogP) is 8.75. The highest BCUT2D eigenvalue weighted by atomic mass is 33.1. The highest BCUT2D eigenvalue weighted by Crippen LogP contribution is 2.32. The van der Waals surface area contributed by atoms with Gasteiger partial charge in [0.1, 0.15) is 5.82 Å². The van der Waals surface area contributed by atoms with Crippen LogP contribution in [0.15, 0.2) is 79.0 Å². The molecule has 2 rings (SSSR count). The molecule has 48 heavy (non-hydrogen) atoms. The molecule has 2 aromatic rings. The van der Waals surface area contributed by atoms with Gasteiger partial charge in [-0.2, -0.15) is 0 Å². The fourth-order valence-electron chi connectivity index (χ4n) is 4.77. The van der Waals surface area contributed by atoms with Crippen LogP contribution in [0.3, 0.4) is 0 Å². The van der Waals surface area contributed by atoms with E-state index in [9.17, 15) is 24.2 Å². The summed E-state index contributed by atoms with van der Waals surface area (Å²) in [5, 5.41) is 26.1. The van der Waals surface area contributed by atoms with Crippen molar-refractivity contribution in [2.75, 3.05) is 30.0 Å². The lowest BCUT2D eigenvalue weighted by atomic mass is 10.1. The van der Waals surface area contributed by atoms with E-state index in [1.54, 1.807) is 30.5 Å². The molecule has 10 heteroatoms. The van der Waals surface area contributed by atoms with Crippen molar-refractivity contribution in [2.24, 2.45) is 0 Å². The largest absolute Gasteiger partial charge is 0.396 e. The summed E-state index contributed by atoms with van der Waals surface area (Å²) in [6, 6.07) is 4.71. The van der Waals surface area contributed by atoms with Gasteiger partial charge in [0.2, 0.25) is 11.8 Å². The van der Waals surface area contributed by atoms with E-state index in [4.69, 9.17) is 0 Å². The number of amides is 2. The van der Waals surface area contributed by atoms with Crippen LogP contribution in [0.25, 0.3) is 10.9 Å². The van der Waals surface area contributed by atoms with Crippen LogP contribution in [-0.2, 0) is 21.7 Å². The van der Waals surface area contributed by atoms with Crippen LogP contribution in [0.4, 0.5) is 10.1 Å². The average Bonchev–Trinajstić information content (AvgIpc) is 3.40. The highest BCUT2D eigenvalue weighted by molar-refractivity contribution is 8.76. The number of fused-ring (bicyclic) bond motifs is 1. The van der Waals surface area contributed by atoms with Crippen molar-refractivity contribution in [2.45, 2.75) is 90.7 Å². The summed E-state index contributed by atoms with van der Waals surface area (Å²) in [4.78, 5) is 24.6. The number of nitrogens with one attached hydrogen (secondary N) is 2. The van der Waals surface area contributed by atoms with Crippen LogP contribution in [0.5, 0.6) is 0 Å². The van der Waals surface area contributed by atoms with Crippen molar-refractivity contribution >= 4 is 50.0 Å². The number of allylic oxidation sites excluding steroid dienone is 10. The van der Waals surface area contributed by atoms with Crippen molar-refractivity contribution in [1.82, 2.24) is 9.88 Å². The number of carbonyl (C=O) groups excluding carboxylic acids is 2. The molecule has 0 spiro atoms. The second-order valence-corrected chi connectivity index (χ2v) is 14.4. The van der Waals surface area contributed by atoms with Gasteiger partial charge in [0, 0.05) is 43.3 Å². The van der Waals surface area contributed by atoms with Crippen LogP contribution in [-0.4, -0.2) is 51.3 Å². The van der Waals surface area contributed by atoms with Gasteiger partial charge in [-0.15, -0.1) is 0 Å². The first kappa shape index (κ1) is 41.1. The Kier molecular flexibility index (Phi) is 20.7. The molecule has 0 bridgehead atoms. The quantitative estimate of drug-likeness (QED) is 0.0497. The Morgan fingerprint density at radius 1 is 0.875 bits per heavy atom. The third kappa shape index (κ3) is 16.9. The Morgan fingerprint density at radius 2 is 1.50 bits per heavy atom. The Bertz CT molecular complexity index is 1410. The maximum atomic E-state index is 14.9. The Labute approximate surface area is 294 Å². The number of carbonyl (C=O) groups is 2. The third-order valence-corrected chi connectivity index (χ3v) is 9.42. The second kappa shape index (κ2) is 24.1. The van der Waals surface area contributed by atoms with Crippen LogP contribution >= 0.6 is 21.6 Å². The molecule has 0 atom stereocenters. The third-order valence-electron chi connectivity index (χ3n) is 7.14. The molecule has 7 nitrogen and oxygen atoms in total. The number of aliphatic hydroxyl groups excluding tert-OH is 1. The van der Waals surface area contributed by atoms with Gasteiger partial charge in [0.25, 0.3) is 0 Å². The Balaban J connectivity index is 1.56. The van der Waals surface area contributed by atoms with Crippen molar-refractivity contribution in [3.8, 4) is 0 Å². The van der Waals surface area contributed by atoms with Gasteiger partial charge in [0.05, 0.1) is 28.3 Å². The predicted molar refractivity (Wildman–Crippen MR) is 204 cm³/mol. The van der Waals surface area contributed by atoms with E-state index in [0.29, 0.717) is 48.3 Å². The minimum absolute atomic E-state index is 0.0178. The molecule has 2 amide bonds. The lowest BCUT2D eigenvalue weighted by molar-refractivity contribution is -0.121. The van der Waals surface area contributed by atoms with Gasteiger partial charge in [0.15, 0.2) is 0 Å².